The van der Waals surface area contributed by atoms with Crippen molar-refractivity contribution in [3.8, 4) is 9.88 Å². The predicted molar refractivity (Wildman–Crippen MR) is 81.2 cm³/mol. The molecule has 0 atom stereocenters. The van der Waals surface area contributed by atoms with E-state index in [1.165, 1.54) is 12.8 Å². The van der Waals surface area contributed by atoms with Crippen LogP contribution < -0.4 is 10.2 Å². The molecule has 1 aliphatic heterocycles. The van der Waals surface area contributed by atoms with Crippen molar-refractivity contribution in [2.75, 3.05) is 30.4 Å². The zero-order valence-corrected chi connectivity index (χ0v) is 12.7. The summed E-state index contributed by atoms with van der Waals surface area (Å²) in [6.07, 6.45) is 4.44. The standard InChI is InChI=1S/C12H17N5S2/c1-8-3-5-17(6-4-8)12-14-7-9(18-12)10-15-16-11(13-2)19-10/h7-8H,3-6H2,1-2H3,(H,13,16). The van der Waals surface area contributed by atoms with E-state index in [9.17, 15) is 0 Å². The van der Waals surface area contributed by atoms with Crippen LogP contribution in [0.15, 0.2) is 6.20 Å². The highest BCUT2D eigenvalue weighted by atomic mass is 32.1. The first-order chi connectivity index (χ1) is 9.26. The highest BCUT2D eigenvalue weighted by Crippen LogP contribution is 2.35. The smallest absolute Gasteiger partial charge is 0.205 e. The minimum atomic E-state index is 0.844. The number of hydrogen-bond acceptors (Lipinski definition) is 7. The molecule has 0 saturated carbocycles. The molecule has 0 bridgehead atoms. The molecule has 1 fully saturated rings. The third-order valence-electron chi connectivity index (χ3n) is 3.40. The summed E-state index contributed by atoms with van der Waals surface area (Å²) >= 11 is 3.28. The lowest BCUT2D eigenvalue weighted by atomic mass is 10.00. The second-order valence-corrected chi connectivity index (χ2v) is 6.83. The van der Waals surface area contributed by atoms with Crippen LogP contribution in [0.4, 0.5) is 10.3 Å². The topological polar surface area (TPSA) is 53.9 Å². The van der Waals surface area contributed by atoms with Crippen LogP contribution in [0.3, 0.4) is 0 Å². The van der Waals surface area contributed by atoms with Gasteiger partial charge in [-0.1, -0.05) is 29.6 Å². The summed E-state index contributed by atoms with van der Waals surface area (Å²) in [4.78, 5) is 8.03. The Morgan fingerprint density at radius 3 is 2.74 bits per heavy atom. The molecule has 0 aliphatic carbocycles. The number of rotatable bonds is 3. The number of nitrogens with zero attached hydrogens (tertiary/aromatic N) is 4. The minimum absolute atomic E-state index is 0.844. The summed E-state index contributed by atoms with van der Waals surface area (Å²) in [6, 6.07) is 0. The second-order valence-electron chi connectivity index (χ2n) is 4.84. The Morgan fingerprint density at radius 2 is 2.05 bits per heavy atom. The monoisotopic (exact) mass is 295 g/mol. The van der Waals surface area contributed by atoms with Gasteiger partial charge in [0.25, 0.3) is 0 Å². The normalized spacial score (nSPS) is 16.8. The van der Waals surface area contributed by atoms with Gasteiger partial charge in [-0.3, -0.25) is 0 Å². The molecule has 0 radical (unpaired) electrons. The van der Waals surface area contributed by atoms with E-state index in [0.717, 1.165) is 39.2 Å². The average Bonchev–Trinajstić information content (AvgIpc) is 3.08. The highest BCUT2D eigenvalue weighted by molar-refractivity contribution is 7.25. The molecule has 0 unspecified atom stereocenters. The predicted octanol–water partition coefficient (Wildman–Crippen LogP) is 2.94. The number of hydrogen-bond donors (Lipinski definition) is 1. The number of piperidine rings is 1. The van der Waals surface area contributed by atoms with E-state index in [1.807, 2.05) is 13.2 Å². The molecule has 3 heterocycles. The maximum absolute atomic E-state index is 4.54. The molecule has 7 heteroatoms. The minimum Gasteiger partial charge on any atom is -0.363 e. The second kappa shape index (κ2) is 5.42. The molecule has 1 N–H and O–H groups in total. The highest BCUT2D eigenvalue weighted by Gasteiger charge is 2.19. The SMILES string of the molecule is CNc1nnc(-c2cnc(N3CCC(C)CC3)s2)s1. The summed E-state index contributed by atoms with van der Waals surface area (Å²) in [5.74, 6) is 0.844. The van der Waals surface area contributed by atoms with Crippen LogP contribution in [-0.2, 0) is 0 Å². The molecule has 3 rings (SSSR count). The summed E-state index contributed by atoms with van der Waals surface area (Å²) < 4.78 is 0. The van der Waals surface area contributed by atoms with Crippen LogP contribution in [0.1, 0.15) is 19.8 Å². The van der Waals surface area contributed by atoms with Crippen LogP contribution in [0.5, 0.6) is 0 Å². The summed E-state index contributed by atoms with van der Waals surface area (Å²) in [7, 11) is 1.86. The zero-order chi connectivity index (χ0) is 13.2. The van der Waals surface area contributed by atoms with E-state index >= 15 is 0 Å². The van der Waals surface area contributed by atoms with Gasteiger partial charge in [-0.25, -0.2) is 4.98 Å². The van der Waals surface area contributed by atoms with Gasteiger partial charge in [0.1, 0.15) is 0 Å². The molecule has 0 aromatic carbocycles. The number of aromatic nitrogens is 3. The fourth-order valence-corrected chi connectivity index (χ4v) is 3.83. The van der Waals surface area contributed by atoms with Crippen molar-refractivity contribution in [1.29, 1.82) is 0 Å². The molecule has 19 heavy (non-hydrogen) atoms. The van der Waals surface area contributed by atoms with E-state index < -0.39 is 0 Å². The maximum Gasteiger partial charge on any atom is 0.205 e. The molecule has 5 nitrogen and oxygen atoms in total. The van der Waals surface area contributed by atoms with Gasteiger partial charge in [0.2, 0.25) is 5.13 Å². The molecule has 0 amide bonds. The van der Waals surface area contributed by atoms with Crippen LogP contribution in [-0.4, -0.2) is 35.3 Å². The Balaban J connectivity index is 1.75. The number of thiazole rings is 1. The van der Waals surface area contributed by atoms with E-state index in [1.54, 1.807) is 22.7 Å². The fourth-order valence-electron chi connectivity index (χ4n) is 2.13. The van der Waals surface area contributed by atoms with Crippen molar-refractivity contribution < 1.29 is 0 Å². The van der Waals surface area contributed by atoms with Crippen molar-refractivity contribution in [1.82, 2.24) is 15.2 Å². The van der Waals surface area contributed by atoms with Gasteiger partial charge in [-0.2, -0.15) is 0 Å². The Morgan fingerprint density at radius 1 is 1.26 bits per heavy atom. The van der Waals surface area contributed by atoms with Gasteiger partial charge in [-0.05, 0) is 18.8 Å². The Labute approximate surface area is 120 Å². The van der Waals surface area contributed by atoms with E-state index in [2.05, 4.69) is 32.3 Å². The maximum atomic E-state index is 4.54. The van der Waals surface area contributed by atoms with E-state index in [-0.39, 0.29) is 0 Å². The van der Waals surface area contributed by atoms with Gasteiger partial charge in [-0.15, -0.1) is 10.2 Å². The van der Waals surface area contributed by atoms with Gasteiger partial charge in [0.05, 0.1) is 11.1 Å². The lowest BCUT2D eigenvalue weighted by Crippen LogP contribution is -2.32. The van der Waals surface area contributed by atoms with E-state index in [0.29, 0.717) is 0 Å². The van der Waals surface area contributed by atoms with Crippen molar-refractivity contribution in [2.45, 2.75) is 19.8 Å². The Kier molecular flexibility index (Phi) is 3.65. The van der Waals surface area contributed by atoms with Crippen LogP contribution in [0.2, 0.25) is 0 Å². The first-order valence-corrected chi connectivity index (χ1v) is 8.12. The Bertz CT molecular complexity index is 542. The van der Waals surface area contributed by atoms with Gasteiger partial charge < -0.3 is 10.2 Å². The average molecular weight is 295 g/mol. The Hall–Kier alpha value is -1.21. The molecule has 2 aromatic heterocycles. The fraction of sp³-hybridized carbons (Fsp3) is 0.583. The van der Waals surface area contributed by atoms with Crippen molar-refractivity contribution in [3.63, 3.8) is 0 Å². The number of anilines is 2. The molecule has 102 valence electrons. The molecule has 2 aromatic rings. The zero-order valence-electron chi connectivity index (χ0n) is 11.1. The molecular weight excluding hydrogens is 278 g/mol. The van der Waals surface area contributed by atoms with Crippen molar-refractivity contribution >= 4 is 32.9 Å². The van der Waals surface area contributed by atoms with Crippen LogP contribution >= 0.6 is 22.7 Å². The van der Waals surface area contributed by atoms with Crippen molar-refractivity contribution in [3.05, 3.63) is 6.20 Å². The lowest BCUT2D eigenvalue weighted by Gasteiger charge is -2.29. The van der Waals surface area contributed by atoms with Crippen LogP contribution in [0, 0.1) is 5.92 Å². The molecular formula is C12H17N5S2. The summed E-state index contributed by atoms with van der Waals surface area (Å²) in [5.41, 5.74) is 0. The third-order valence-corrected chi connectivity index (χ3v) is 5.57. The number of nitrogens with one attached hydrogen (secondary N) is 1. The first-order valence-electron chi connectivity index (χ1n) is 6.48. The molecule has 1 aliphatic rings. The van der Waals surface area contributed by atoms with Gasteiger partial charge in [0, 0.05) is 20.1 Å². The third kappa shape index (κ3) is 2.71. The lowest BCUT2D eigenvalue weighted by molar-refractivity contribution is 0.438. The summed E-state index contributed by atoms with van der Waals surface area (Å²) in [6.45, 7) is 4.56. The molecule has 1 saturated heterocycles. The van der Waals surface area contributed by atoms with Gasteiger partial charge in [0.15, 0.2) is 10.1 Å². The van der Waals surface area contributed by atoms with Crippen molar-refractivity contribution in [2.24, 2.45) is 5.92 Å². The molecule has 0 spiro atoms. The summed E-state index contributed by atoms with van der Waals surface area (Å²) in [5, 5.41) is 14.2. The van der Waals surface area contributed by atoms with Crippen LogP contribution in [0.25, 0.3) is 9.88 Å². The van der Waals surface area contributed by atoms with E-state index in [4.69, 9.17) is 0 Å². The first kappa shape index (κ1) is 12.8. The van der Waals surface area contributed by atoms with Gasteiger partial charge >= 0.3 is 0 Å². The quantitative estimate of drug-likeness (QED) is 0.943. The largest absolute Gasteiger partial charge is 0.363 e.